The smallest absolute Gasteiger partial charge is 0.277 e. The number of thioether (sulfide) groups is 1. The summed E-state index contributed by atoms with van der Waals surface area (Å²) < 4.78 is 16.0. The second-order valence-electron chi connectivity index (χ2n) is 4.41. The highest BCUT2D eigenvalue weighted by Gasteiger charge is 2.12. The van der Waals surface area contributed by atoms with E-state index in [-0.39, 0.29) is 0 Å². The molecule has 0 saturated heterocycles. The predicted molar refractivity (Wildman–Crippen MR) is 77.9 cm³/mol. The van der Waals surface area contributed by atoms with Gasteiger partial charge in [0.2, 0.25) is 5.76 Å². The van der Waals surface area contributed by atoms with Gasteiger partial charge in [0.15, 0.2) is 5.76 Å². The maximum absolute atomic E-state index is 5.56. The average molecular weight is 314 g/mol. The molecule has 0 saturated carbocycles. The van der Waals surface area contributed by atoms with Crippen LogP contribution in [0.3, 0.4) is 0 Å². The molecular weight excluding hydrogens is 304 g/mol. The molecular formula is C14H10N4O3S. The summed E-state index contributed by atoms with van der Waals surface area (Å²) in [6.45, 7) is 0. The summed E-state index contributed by atoms with van der Waals surface area (Å²) in [5.41, 5.74) is 1.57. The van der Waals surface area contributed by atoms with Crippen molar-refractivity contribution in [2.45, 2.75) is 11.0 Å². The quantitative estimate of drug-likeness (QED) is 0.562. The topological polar surface area (TPSA) is 93.9 Å². The lowest BCUT2D eigenvalue weighted by atomic mass is 10.3. The fourth-order valence-corrected chi connectivity index (χ4v) is 2.53. The van der Waals surface area contributed by atoms with E-state index in [2.05, 4.69) is 20.3 Å². The lowest BCUT2D eigenvalue weighted by molar-refractivity contribution is 0.413. The highest BCUT2D eigenvalue weighted by Crippen LogP contribution is 2.27. The predicted octanol–water partition coefficient (Wildman–Crippen LogP) is 3.61. The summed E-state index contributed by atoms with van der Waals surface area (Å²) >= 11 is 1.39. The van der Waals surface area contributed by atoms with Gasteiger partial charge in [-0.3, -0.25) is 0 Å². The lowest BCUT2D eigenvalue weighted by Crippen LogP contribution is -1.79. The number of nitrogens with one attached hydrogen (secondary N) is 1. The minimum atomic E-state index is 0.462. The average Bonchev–Trinajstić information content (AvgIpc) is 3.33. The summed E-state index contributed by atoms with van der Waals surface area (Å²) in [6.07, 6.45) is 3.39. The number of H-pyrrole nitrogens is 1. The van der Waals surface area contributed by atoms with Crippen LogP contribution in [-0.4, -0.2) is 20.3 Å². The lowest BCUT2D eigenvalue weighted by Gasteiger charge is -1.90. The van der Waals surface area contributed by atoms with E-state index in [4.69, 9.17) is 13.4 Å². The van der Waals surface area contributed by atoms with Crippen molar-refractivity contribution >= 4 is 11.8 Å². The number of rotatable bonds is 5. The molecule has 0 bridgehead atoms. The summed E-state index contributed by atoms with van der Waals surface area (Å²) in [5, 5.41) is 12.5. The summed E-state index contributed by atoms with van der Waals surface area (Å²) in [4.78, 5) is 3.02. The van der Waals surface area contributed by atoms with Crippen molar-refractivity contribution in [3.8, 4) is 23.1 Å². The Morgan fingerprint density at radius 1 is 1.14 bits per heavy atom. The highest BCUT2D eigenvalue weighted by atomic mass is 32.2. The third-order valence-corrected chi connectivity index (χ3v) is 3.75. The van der Waals surface area contributed by atoms with Crippen LogP contribution in [-0.2, 0) is 5.75 Å². The zero-order chi connectivity index (χ0) is 14.8. The van der Waals surface area contributed by atoms with Crippen molar-refractivity contribution in [2.75, 3.05) is 0 Å². The Bertz CT molecular complexity index is 776. The van der Waals surface area contributed by atoms with Gasteiger partial charge in [0.1, 0.15) is 5.69 Å². The normalized spacial score (nSPS) is 11.1. The van der Waals surface area contributed by atoms with E-state index in [1.807, 2.05) is 24.3 Å². The van der Waals surface area contributed by atoms with Crippen molar-refractivity contribution in [2.24, 2.45) is 0 Å². The van der Waals surface area contributed by atoms with Gasteiger partial charge < -0.3 is 18.3 Å². The Morgan fingerprint density at radius 3 is 2.95 bits per heavy atom. The fraction of sp³-hybridized carbons (Fsp3) is 0.0714. The van der Waals surface area contributed by atoms with E-state index >= 15 is 0 Å². The van der Waals surface area contributed by atoms with Gasteiger partial charge in [0.05, 0.1) is 12.0 Å². The Balaban J connectivity index is 1.43. The largest absolute Gasteiger partial charge is 0.461 e. The van der Waals surface area contributed by atoms with Crippen molar-refractivity contribution in [1.29, 1.82) is 0 Å². The molecule has 22 heavy (non-hydrogen) atoms. The first-order valence-corrected chi connectivity index (χ1v) is 7.46. The van der Waals surface area contributed by atoms with Crippen LogP contribution in [0, 0.1) is 0 Å². The van der Waals surface area contributed by atoms with E-state index in [9.17, 15) is 0 Å². The number of hydrogen-bond donors (Lipinski definition) is 1. The van der Waals surface area contributed by atoms with Gasteiger partial charge in [-0.2, -0.15) is 0 Å². The Hall–Kier alpha value is -2.74. The standard InChI is InChI=1S/C14H10N4O3S/c1-3-10(15-5-1)13-16-17-14(20-13)22-8-9-7-12(21-18-9)11-4-2-6-19-11/h1-7,15H,8H2. The van der Waals surface area contributed by atoms with Gasteiger partial charge in [0.25, 0.3) is 11.1 Å². The van der Waals surface area contributed by atoms with Crippen LogP contribution in [0.2, 0.25) is 0 Å². The van der Waals surface area contributed by atoms with E-state index in [0.717, 1.165) is 11.4 Å². The molecule has 110 valence electrons. The summed E-state index contributed by atoms with van der Waals surface area (Å²) in [7, 11) is 0. The summed E-state index contributed by atoms with van der Waals surface area (Å²) in [5.74, 6) is 2.27. The minimum absolute atomic E-state index is 0.462. The third-order valence-electron chi connectivity index (χ3n) is 2.90. The van der Waals surface area contributed by atoms with Crippen LogP contribution in [0.1, 0.15) is 5.69 Å². The van der Waals surface area contributed by atoms with Crippen molar-refractivity contribution in [3.63, 3.8) is 0 Å². The fourth-order valence-electron chi connectivity index (χ4n) is 1.89. The zero-order valence-corrected chi connectivity index (χ0v) is 12.0. The maximum atomic E-state index is 5.56. The molecule has 0 unspecified atom stereocenters. The van der Waals surface area contributed by atoms with Gasteiger partial charge in [-0.25, -0.2) is 0 Å². The van der Waals surface area contributed by atoms with Crippen molar-refractivity contribution in [1.82, 2.24) is 20.3 Å². The number of aromatic amines is 1. The van der Waals surface area contributed by atoms with Crippen molar-refractivity contribution in [3.05, 3.63) is 48.5 Å². The molecule has 4 rings (SSSR count). The van der Waals surface area contributed by atoms with Gasteiger partial charge in [-0.15, -0.1) is 10.2 Å². The van der Waals surface area contributed by atoms with Crippen LogP contribution in [0.5, 0.6) is 0 Å². The third kappa shape index (κ3) is 2.56. The molecule has 0 amide bonds. The molecule has 7 nitrogen and oxygen atoms in total. The first-order valence-electron chi connectivity index (χ1n) is 6.48. The number of nitrogens with zero attached hydrogens (tertiary/aromatic N) is 3. The second-order valence-corrected chi connectivity index (χ2v) is 5.33. The molecule has 4 heterocycles. The molecule has 8 heteroatoms. The Kier molecular flexibility index (Phi) is 3.28. The molecule has 0 aromatic carbocycles. The van der Waals surface area contributed by atoms with Crippen LogP contribution in [0.15, 0.2) is 61.4 Å². The monoisotopic (exact) mass is 314 g/mol. The molecule has 0 radical (unpaired) electrons. The number of furan rings is 1. The highest BCUT2D eigenvalue weighted by molar-refractivity contribution is 7.98. The van der Waals surface area contributed by atoms with Gasteiger partial charge in [-0.1, -0.05) is 16.9 Å². The van der Waals surface area contributed by atoms with E-state index < -0.39 is 0 Å². The van der Waals surface area contributed by atoms with Gasteiger partial charge in [-0.05, 0) is 24.3 Å². The molecule has 0 aliphatic rings. The number of hydrogen-bond acceptors (Lipinski definition) is 7. The first kappa shape index (κ1) is 13.0. The molecule has 0 spiro atoms. The van der Waals surface area contributed by atoms with Crippen LogP contribution < -0.4 is 0 Å². The molecule has 0 aliphatic carbocycles. The number of aromatic nitrogens is 4. The van der Waals surface area contributed by atoms with E-state index in [1.54, 1.807) is 18.5 Å². The van der Waals surface area contributed by atoms with E-state index in [1.165, 1.54) is 11.8 Å². The Labute approximate surface area is 128 Å². The molecule has 1 N–H and O–H groups in total. The van der Waals surface area contributed by atoms with Crippen LogP contribution >= 0.6 is 11.8 Å². The minimum Gasteiger partial charge on any atom is -0.461 e. The zero-order valence-electron chi connectivity index (χ0n) is 11.2. The molecule has 0 atom stereocenters. The van der Waals surface area contributed by atoms with E-state index in [0.29, 0.717) is 28.4 Å². The maximum Gasteiger partial charge on any atom is 0.277 e. The molecule has 0 aliphatic heterocycles. The van der Waals surface area contributed by atoms with Gasteiger partial charge >= 0.3 is 0 Å². The van der Waals surface area contributed by atoms with Crippen molar-refractivity contribution < 1.29 is 13.4 Å². The summed E-state index contributed by atoms with van der Waals surface area (Å²) in [6, 6.07) is 9.19. The Morgan fingerprint density at radius 2 is 2.14 bits per heavy atom. The SMILES string of the molecule is c1c[nH]c(-c2nnc(SCc3cc(-c4ccco4)on3)o2)c1. The molecule has 4 aromatic heterocycles. The van der Waals surface area contributed by atoms with Gasteiger partial charge in [0, 0.05) is 18.0 Å². The van der Waals surface area contributed by atoms with Crippen LogP contribution in [0.25, 0.3) is 23.1 Å². The molecule has 0 fully saturated rings. The molecule has 4 aromatic rings. The second kappa shape index (κ2) is 5.57. The van der Waals surface area contributed by atoms with Crippen LogP contribution in [0.4, 0.5) is 0 Å². The first-order chi connectivity index (χ1) is 10.9.